The van der Waals surface area contributed by atoms with E-state index in [-0.39, 0.29) is 0 Å². The Labute approximate surface area is 91.5 Å². The van der Waals surface area contributed by atoms with Crippen molar-refractivity contribution in [3.63, 3.8) is 0 Å². The third kappa shape index (κ3) is 6.39. The molecule has 82 valence electrons. The lowest BCUT2D eigenvalue weighted by atomic mass is 10.5. The molecule has 5 nitrogen and oxygen atoms in total. The molecule has 0 spiro atoms. The summed E-state index contributed by atoms with van der Waals surface area (Å²) in [5.41, 5.74) is 0. The molecule has 2 N–H and O–H groups in total. The number of hydrogen-bond donors (Lipinski definition) is 2. The van der Waals surface area contributed by atoms with Crippen molar-refractivity contribution in [2.45, 2.75) is 13.8 Å². The molecule has 0 aliphatic carbocycles. The van der Waals surface area contributed by atoms with Gasteiger partial charge in [0.2, 0.25) is 5.91 Å². The number of carboxylic acid groups (broad SMARTS) is 1. The van der Waals surface area contributed by atoms with E-state index < -0.39 is 11.9 Å². The maximum absolute atomic E-state index is 10.9. The SMILES string of the molecule is CC.O=C(O)/C=C/C(=O)Nc1nccs1. The van der Waals surface area contributed by atoms with Crippen LogP contribution in [-0.4, -0.2) is 22.0 Å². The summed E-state index contributed by atoms with van der Waals surface area (Å²) < 4.78 is 0. The molecule has 0 saturated heterocycles. The van der Waals surface area contributed by atoms with Crippen LogP contribution in [0.1, 0.15) is 13.8 Å². The van der Waals surface area contributed by atoms with Crippen LogP contribution in [0.4, 0.5) is 5.13 Å². The second kappa shape index (κ2) is 7.69. The number of carbonyl (C=O) groups is 2. The zero-order valence-corrected chi connectivity index (χ0v) is 9.25. The highest BCUT2D eigenvalue weighted by atomic mass is 32.1. The number of nitrogens with one attached hydrogen (secondary N) is 1. The van der Waals surface area contributed by atoms with Gasteiger partial charge >= 0.3 is 5.97 Å². The number of aromatic nitrogens is 1. The smallest absolute Gasteiger partial charge is 0.328 e. The molecule has 1 aromatic rings. The van der Waals surface area contributed by atoms with Crippen molar-refractivity contribution in [2.24, 2.45) is 0 Å². The van der Waals surface area contributed by atoms with E-state index in [1.165, 1.54) is 11.3 Å². The van der Waals surface area contributed by atoms with Crippen LogP contribution in [0.5, 0.6) is 0 Å². The second-order valence-electron chi connectivity index (χ2n) is 2.00. The topological polar surface area (TPSA) is 79.3 Å². The number of hydrogen-bond acceptors (Lipinski definition) is 4. The minimum Gasteiger partial charge on any atom is -0.478 e. The molecule has 0 aromatic carbocycles. The van der Waals surface area contributed by atoms with Gasteiger partial charge in [0, 0.05) is 23.7 Å². The van der Waals surface area contributed by atoms with Crippen molar-refractivity contribution in [1.82, 2.24) is 4.98 Å². The Kier molecular flexibility index (Phi) is 6.82. The molecule has 0 radical (unpaired) electrons. The Balaban J connectivity index is 0.000000921. The fraction of sp³-hybridized carbons (Fsp3) is 0.222. The highest BCUT2D eigenvalue weighted by Gasteiger charge is 1.99. The summed E-state index contributed by atoms with van der Waals surface area (Å²) in [5, 5.41) is 12.8. The number of amides is 1. The van der Waals surface area contributed by atoms with E-state index in [1.807, 2.05) is 13.8 Å². The summed E-state index contributed by atoms with van der Waals surface area (Å²) in [5.74, 6) is -1.66. The first-order valence-corrected chi connectivity index (χ1v) is 5.18. The summed E-state index contributed by atoms with van der Waals surface area (Å²) in [6.45, 7) is 4.00. The first kappa shape index (κ1) is 13.3. The second-order valence-corrected chi connectivity index (χ2v) is 2.89. The molecule has 0 saturated carbocycles. The van der Waals surface area contributed by atoms with Crippen molar-refractivity contribution in [3.8, 4) is 0 Å². The standard InChI is InChI=1S/C7H6N2O3S.C2H6/c10-5(1-2-6(11)12)9-7-8-3-4-13-7;1-2/h1-4H,(H,11,12)(H,8,9,10);1-2H3/b2-1+;. The Morgan fingerprint density at radius 2 is 2.13 bits per heavy atom. The van der Waals surface area contributed by atoms with Crippen LogP contribution in [0.2, 0.25) is 0 Å². The van der Waals surface area contributed by atoms with Crippen LogP contribution < -0.4 is 5.32 Å². The minimum absolute atomic E-state index is 0.444. The Morgan fingerprint density at radius 1 is 1.47 bits per heavy atom. The number of nitrogens with zero attached hydrogens (tertiary/aromatic N) is 1. The Hall–Kier alpha value is -1.69. The third-order valence-electron chi connectivity index (χ3n) is 1.04. The van der Waals surface area contributed by atoms with Crippen LogP contribution in [0, 0.1) is 0 Å². The van der Waals surface area contributed by atoms with Crippen LogP contribution in [0.15, 0.2) is 23.7 Å². The Morgan fingerprint density at radius 3 is 2.60 bits per heavy atom. The van der Waals surface area contributed by atoms with Crippen molar-refractivity contribution >= 4 is 28.3 Å². The summed E-state index contributed by atoms with van der Waals surface area (Å²) in [4.78, 5) is 24.7. The monoisotopic (exact) mass is 228 g/mol. The average molecular weight is 228 g/mol. The lowest BCUT2D eigenvalue weighted by Gasteiger charge is -1.93. The van der Waals surface area contributed by atoms with E-state index >= 15 is 0 Å². The normalized spacial score (nSPS) is 9.20. The minimum atomic E-state index is -1.16. The lowest BCUT2D eigenvalue weighted by Crippen LogP contribution is -2.08. The molecule has 1 rings (SSSR count). The molecule has 0 bridgehead atoms. The molecule has 0 fully saturated rings. The third-order valence-corrected chi connectivity index (χ3v) is 1.73. The highest BCUT2D eigenvalue weighted by molar-refractivity contribution is 7.13. The van der Waals surface area contributed by atoms with E-state index in [2.05, 4.69) is 10.3 Å². The number of rotatable bonds is 3. The molecule has 0 atom stereocenters. The number of carboxylic acids is 1. The van der Waals surface area contributed by atoms with Gasteiger partial charge in [0.15, 0.2) is 5.13 Å². The van der Waals surface area contributed by atoms with Gasteiger partial charge in [0.05, 0.1) is 0 Å². The van der Waals surface area contributed by atoms with Crippen LogP contribution in [-0.2, 0) is 9.59 Å². The summed E-state index contributed by atoms with van der Waals surface area (Å²) in [7, 11) is 0. The summed E-state index contributed by atoms with van der Waals surface area (Å²) >= 11 is 1.26. The summed E-state index contributed by atoms with van der Waals surface area (Å²) in [6.07, 6.45) is 3.24. The molecular formula is C9H12N2O3S. The van der Waals surface area contributed by atoms with E-state index in [4.69, 9.17) is 5.11 Å². The lowest BCUT2D eigenvalue weighted by molar-refractivity contribution is -0.131. The highest BCUT2D eigenvalue weighted by Crippen LogP contribution is 2.09. The molecule has 6 heteroatoms. The molecule has 0 unspecified atom stereocenters. The van der Waals surface area contributed by atoms with Crippen LogP contribution in [0.25, 0.3) is 0 Å². The number of thiazole rings is 1. The average Bonchev–Trinajstić information content (AvgIpc) is 2.70. The number of anilines is 1. The molecule has 1 heterocycles. The molecule has 15 heavy (non-hydrogen) atoms. The fourth-order valence-electron chi connectivity index (χ4n) is 0.579. The van der Waals surface area contributed by atoms with Crippen molar-refractivity contribution in [1.29, 1.82) is 0 Å². The van der Waals surface area contributed by atoms with Gasteiger partial charge < -0.3 is 5.11 Å². The molecule has 0 aliphatic rings. The van der Waals surface area contributed by atoms with Gasteiger partial charge in [-0.25, -0.2) is 9.78 Å². The van der Waals surface area contributed by atoms with Gasteiger partial charge in [0.1, 0.15) is 0 Å². The van der Waals surface area contributed by atoms with Gasteiger partial charge in [-0.15, -0.1) is 11.3 Å². The first-order valence-electron chi connectivity index (χ1n) is 4.30. The maximum Gasteiger partial charge on any atom is 0.328 e. The quantitative estimate of drug-likeness (QED) is 0.772. The molecule has 0 aliphatic heterocycles. The van der Waals surface area contributed by atoms with Crippen molar-refractivity contribution in [3.05, 3.63) is 23.7 Å². The largest absolute Gasteiger partial charge is 0.478 e. The van der Waals surface area contributed by atoms with E-state index in [9.17, 15) is 9.59 Å². The first-order chi connectivity index (χ1) is 7.18. The van der Waals surface area contributed by atoms with Gasteiger partial charge in [-0.05, 0) is 0 Å². The predicted molar refractivity (Wildman–Crippen MR) is 58.9 cm³/mol. The van der Waals surface area contributed by atoms with Gasteiger partial charge in [-0.2, -0.15) is 0 Å². The van der Waals surface area contributed by atoms with Gasteiger partial charge in [-0.3, -0.25) is 10.1 Å². The zero-order chi connectivity index (χ0) is 11.7. The fourth-order valence-corrected chi connectivity index (χ4v) is 1.11. The zero-order valence-electron chi connectivity index (χ0n) is 8.43. The maximum atomic E-state index is 10.9. The molecule has 1 amide bonds. The summed E-state index contributed by atoms with van der Waals surface area (Å²) in [6, 6.07) is 0. The molecule has 1 aromatic heterocycles. The number of aliphatic carboxylic acids is 1. The number of carbonyl (C=O) groups excluding carboxylic acids is 1. The Bertz CT molecular complexity index is 333. The van der Waals surface area contributed by atoms with Crippen molar-refractivity contribution < 1.29 is 14.7 Å². The van der Waals surface area contributed by atoms with Crippen LogP contribution >= 0.6 is 11.3 Å². The molecular weight excluding hydrogens is 216 g/mol. The van der Waals surface area contributed by atoms with Crippen LogP contribution in [0.3, 0.4) is 0 Å². The van der Waals surface area contributed by atoms with Gasteiger partial charge in [-0.1, -0.05) is 13.8 Å². The van der Waals surface area contributed by atoms with Gasteiger partial charge in [0.25, 0.3) is 0 Å². The van der Waals surface area contributed by atoms with Crippen molar-refractivity contribution in [2.75, 3.05) is 5.32 Å². The van der Waals surface area contributed by atoms with E-state index in [1.54, 1.807) is 11.6 Å². The van der Waals surface area contributed by atoms with E-state index in [0.717, 1.165) is 12.2 Å². The predicted octanol–water partition coefficient (Wildman–Crippen LogP) is 1.75. The van der Waals surface area contributed by atoms with E-state index in [0.29, 0.717) is 5.13 Å².